The van der Waals surface area contributed by atoms with E-state index in [1.165, 1.54) is 90.6 Å². The van der Waals surface area contributed by atoms with Crippen molar-refractivity contribution in [3.8, 4) is 11.4 Å². The highest BCUT2D eigenvalue weighted by atomic mass is 127. The van der Waals surface area contributed by atoms with E-state index in [9.17, 15) is 8.42 Å². The number of alkyl halides is 1. The van der Waals surface area contributed by atoms with Crippen LogP contribution in [0.2, 0.25) is 0 Å². The molecule has 2 aromatic carbocycles. The summed E-state index contributed by atoms with van der Waals surface area (Å²) < 4.78 is 35.4. The fourth-order valence-electron chi connectivity index (χ4n) is 9.87. The van der Waals surface area contributed by atoms with Gasteiger partial charge in [-0.25, -0.2) is 9.97 Å². The first-order valence-corrected chi connectivity index (χ1v) is 26.8. The van der Waals surface area contributed by atoms with Crippen molar-refractivity contribution in [2.24, 2.45) is 11.8 Å². The second kappa shape index (κ2) is 19.6. The Hall–Kier alpha value is -2.98. The minimum Gasteiger partial charge on any atom is -0.371 e. The van der Waals surface area contributed by atoms with E-state index in [4.69, 9.17) is 14.2 Å². The molecule has 332 valence electrons. The lowest BCUT2D eigenvalue weighted by Crippen LogP contribution is -2.34. The molecule has 4 aromatic heterocycles. The van der Waals surface area contributed by atoms with Crippen molar-refractivity contribution in [1.82, 2.24) is 19.1 Å². The van der Waals surface area contributed by atoms with Crippen molar-refractivity contribution >= 4 is 98.0 Å². The standard InChI is InChI=1S/C25H32BrN3O3S.C24H29BrIN3/c1-16-12-21(26)13-17(2)24(16)29-15-18(3)23-22(14-19(4)27-25(23)29)28-9-6-20(7-10-28)8-11-32-33(5,30)31;1-15-11-20(25)12-16(2)23(15)29-14-17(3)22-21(13-18(4)27-24(22)29)28-9-6-19(5-8-26)7-10-28/h12-15,20H,6-11H2,1-5H3;11-14,19H,5-10H2,1-4H3. The summed E-state index contributed by atoms with van der Waals surface area (Å²) in [5, 5.41) is 2.52. The molecular formula is C49H61Br2IN6O3S. The van der Waals surface area contributed by atoms with E-state index in [1.54, 1.807) is 0 Å². The summed E-state index contributed by atoms with van der Waals surface area (Å²) in [5.41, 5.74) is 16.7. The molecule has 9 nitrogen and oxygen atoms in total. The van der Waals surface area contributed by atoms with Crippen LogP contribution in [0.3, 0.4) is 0 Å². The van der Waals surface area contributed by atoms with Crippen LogP contribution in [0.25, 0.3) is 33.4 Å². The molecule has 6 aromatic rings. The van der Waals surface area contributed by atoms with E-state index in [2.05, 4.69) is 178 Å². The predicted molar refractivity (Wildman–Crippen MR) is 274 cm³/mol. The van der Waals surface area contributed by atoms with Crippen LogP contribution in [-0.2, 0) is 14.3 Å². The Balaban J connectivity index is 0.000000188. The molecule has 0 amide bonds. The lowest BCUT2D eigenvalue weighted by molar-refractivity contribution is 0.264. The van der Waals surface area contributed by atoms with E-state index < -0.39 is 10.1 Å². The zero-order chi connectivity index (χ0) is 44.6. The molecule has 6 heterocycles. The van der Waals surface area contributed by atoms with Gasteiger partial charge in [-0.3, -0.25) is 4.18 Å². The Morgan fingerprint density at radius 3 is 1.34 bits per heavy atom. The van der Waals surface area contributed by atoms with E-state index in [-0.39, 0.29) is 6.61 Å². The number of fused-ring (bicyclic) bond motifs is 2. The summed E-state index contributed by atoms with van der Waals surface area (Å²) in [5.74, 6) is 1.38. The number of pyridine rings is 2. The maximum Gasteiger partial charge on any atom is 0.264 e. The van der Waals surface area contributed by atoms with E-state index in [0.29, 0.717) is 5.92 Å². The molecule has 2 aliphatic heterocycles. The lowest BCUT2D eigenvalue weighted by Gasteiger charge is -2.34. The lowest BCUT2D eigenvalue weighted by atomic mass is 9.93. The molecule has 8 rings (SSSR count). The van der Waals surface area contributed by atoms with Gasteiger partial charge in [-0.05, 0) is 180 Å². The fraction of sp³-hybridized carbons (Fsp3) is 0.469. The molecule has 0 saturated carbocycles. The summed E-state index contributed by atoms with van der Waals surface area (Å²) in [6, 6.07) is 13.2. The van der Waals surface area contributed by atoms with Crippen LogP contribution in [0, 0.1) is 67.2 Å². The van der Waals surface area contributed by atoms with Gasteiger partial charge in [-0.15, -0.1) is 0 Å². The van der Waals surface area contributed by atoms with Gasteiger partial charge in [0.2, 0.25) is 0 Å². The summed E-state index contributed by atoms with van der Waals surface area (Å²) in [6.45, 7) is 21.7. The molecule has 0 radical (unpaired) electrons. The minimum atomic E-state index is -3.36. The third-order valence-electron chi connectivity index (χ3n) is 12.8. The van der Waals surface area contributed by atoms with Crippen molar-refractivity contribution < 1.29 is 12.6 Å². The van der Waals surface area contributed by atoms with Crippen LogP contribution in [-0.4, -0.2) is 71.0 Å². The number of piperidine rings is 2. The van der Waals surface area contributed by atoms with Gasteiger partial charge in [0.15, 0.2) is 0 Å². The number of rotatable bonds is 10. The normalized spacial score (nSPS) is 15.5. The molecule has 0 N–H and O–H groups in total. The molecule has 13 heteroatoms. The third kappa shape index (κ3) is 10.4. The average Bonchev–Trinajstić information content (AvgIpc) is 3.68. The van der Waals surface area contributed by atoms with E-state index in [0.717, 1.165) is 89.2 Å². The molecule has 0 aliphatic carbocycles. The highest BCUT2D eigenvalue weighted by molar-refractivity contribution is 14.1. The smallest absolute Gasteiger partial charge is 0.264 e. The van der Waals surface area contributed by atoms with Crippen LogP contribution in [0.15, 0.2) is 57.7 Å². The Morgan fingerprint density at radius 2 is 0.984 bits per heavy atom. The largest absolute Gasteiger partial charge is 0.371 e. The molecule has 0 spiro atoms. The van der Waals surface area contributed by atoms with Crippen LogP contribution in [0.1, 0.15) is 83.3 Å². The molecule has 2 aliphatic rings. The predicted octanol–water partition coefficient (Wildman–Crippen LogP) is 12.7. The Bertz CT molecular complexity index is 2670. The zero-order valence-corrected chi connectivity index (χ0v) is 43.9. The van der Waals surface area contributed by atoms with Crippen LogP contribution >= 0.6 is 54.5 Å². The number of hydrogen-bond acceptors (Lipinski definition) is 7. The highest BCUT2D eigenvalue weighted by Crippen LogP contribution is 2.39. The Kier molecular flexibility index (Phi) is 14.9. The topological polar surface area (TPSA) is 85.5 Å². The van der Waals surface area contributed by atoms with Gasteiger partial charge in [0, 0.05) is 81.1 Å². The van der Waals surface area contributed by atoms with Gasteiger partial charge in [-0.2, -0.15) is 8.42 Å². The maximum atomic E-state index is 11.2. The number of anilines is 2. The first kappa shape index (κ1) is 47.0. The third-order valence-corrected chi connectivity index (χ3v) is 14.9. The molecule has 0 bridgehead atoms. The van der Waals surface area contributed by atoms with Crippen LogP contribution in [0.5, 0.6) is 0 Å². The second-order valence-electron chi connectivity index (χ2n) is 17.8. The Morgan fingerprint density at radius 1 is 0.613 bits per heavy atom. The monoisotopic (exact) mass is 1100 g/mol. The number of aryl methyl sites for hydroxylation is 8. The van der Waals surface area contributed by atoms with Crippen molar-refractivity contribution in [1.29, 1.82) is 0 Å². The second-order valence-corrected chi connectivity index (χ2v) is 22.3. The average molecular weight is 1100 g/mol. The molecule has 2 saturated heterocycles. The maximum absolute atomic E-state index is 11.2. The first-order valence-electron chi connectivity index (χ1n) is 21.9. The summed E-state index contributed by atoms with van der Waals surface area (Å²) in [6.07, 6.45) is 12.4. The molecule has 0 atom stereocenters. The van der Waals surface area contributed by atoms with Crippen molar-refractivity contribution in [2.45, 2.75) is 93.9 Å². The number of aromatic nitrogens is 4. The number of halogens is 3. The minimum absolute atomic E-state index is 0.274. The number of benzene rings is 2. The molecule has 2 fully saturated rings. The van der Waals surface area contributed by atoms with Crippen molar-refractivity contribution in [2.75, 3.05) is 53.3 Å². The van der Waals surface area contributed by atoms with Gasteiger partial charge >= 0.3 is 0 Å². The SMILES string of the molecule is Cc1cc(N2CCC(CCI)CC2)c2c(C)cn(-c3c(C)cc(Br)cc3C)c2n1.Cc1cc(N2CCC(CCOS(C)(=O)=O)CC2)c2c(C)cn(-c3c(C)cc(Br)cc3C)c2n1. The molecule has 62 heavy (non-hydrogen) atoms. The van der Waals surface area contributed by atoms with E-state index in [1.807, 2.05) is 0 Å². The summed E-state index contributed by atoms with van der Waals surface area (Å²) >= 11 is 9.76. The number of nitrogens with zero attached hydrogens (tertiary/aromatic N) is 6. The molecular weight excluding hydrogens is 1040 g/mol. The van der Waals surface area contributed by atoms with Gasteiger partial charge in [0.25, 0.3) is 10.1 Å². The van der Waals surface area contributed by atoms with Gasteiger partial charge in [0.05, 0.1) is 24.2 Å². The van der Waals surface area contributed by atoms with E-state index >= 15 is 0 Å². The summed E-state index contributed by atoms with van der Waals surface area (Å²) in [4.78, 5) is 15.0. The van der Waals surface area contributed by atoms with Crippen LogP contribution < -0.4 is 9.80 Å². The quantitative estimate of drug-likeness (QED) is 0.0767. The van der Waals surface area contributed by atoms with Crippen molar-refractivity contribution in [3.63, 3.8) is 0 Å². The molecule has 0 unspecified atom stereocenters. The number of hydrogen-bond donors (Lipinski definition) is 0. The fourth-order valence-corrected chi connectivity index (χ4v) is 12.5. The van der Waals surface area contributed by atoms with Gasteiger partial charge in [0.1, 0.15) is 11.3 Å². The van der Waals surface area contributed by atoms with Crippen molar-refractivity contribution in [3.05, 3.63) is 103 Å². The highest BCUT2D eigenvalue weighted by Gasteiger charge is 2.26. The Labute approximate surface area is 399 Å². The summed E-state index contributed by atoms with van der Waals surface area (Å²) in [7, 11) is -3.36. The van der Waals surface area contributed by atoms with Crippen LogP contribution in [0.4, 0.5) is 11.4 Å². The first-order chi connectivity index (χ1) is 29.4. The van der Waals surface area contributed by atoms with Gasteiger partial charge < -0.3 is 18.9 Å². The van der Waals surface area contributed by atoms with Gasteiger partial charge in [-0.1, -0.05) is 54.5 Å². The zero-order valence-electron chi connectivity index (χ0n) is 37.7.